The van der Waals surface area contributed by atoms with Gasteiger partial charge in [-0.25, -0.2) is 8.42 Å². The lowest BCUT2D eigenvalue weighted by Gasteiger charge is -2.35. The van der Waals surface area contributed by atoms with E-state index in [1.807, 2.05) is 0 Å². The standard InChI is InChI=1S/C15H16Cl4N2O3S/c1-14(9-15(14,18)19)13(22)20-5-7-21(8-6-20)25(23,24)12-10(16)3-2-4-11(12)17/h2-4H,5-9H2,1H3. The number of rotatable bonds is 3. The topological polar surface area (TPSA) is 57.7 Å². The number of nitrogens with zero attached hydrogens (tertiary/aromatic N) is 2. The van der Waals surface area contributed by atoms with Crippen molar-refractivity contribution in [1.82, 2.24) is 9.21 Å². The van der Waals surface area contributed by atoms with Crippen LogP contribution in [0.2, 0.25) is 10.0 Å². The van der Waals surface area contributed by atoms with Gasteiger partial charge in [-0.05, 0) is 25.5 Å². The van der Waals surface area contributed by atoms with Crippen molar-refractivity contribution in [3.05, 3.63) is 28.2 Å². The van der Waals surface area contributed by atoms with E-state index in [4.69, 9.17) is 46.4 Å². The third-order valence-electron chi connectivity index (χ3n) is 4.77. The van der Waals surface area contributed by atoms with Gasteiger partial charge >= 0.3 is 0 Å². The maximum absolute atomic E-state index is 12.8. The van der Waals surface area contributed by atoms with Gasteiger partial charge in [-0.3, -0.25) is 4.79 Å². The largest absolute Gasteiger partial charge is 0.339 e. The van der Waals surface area contributed by atoms with E-state index in [0.717, 1.165) is 0 Å². The average molecular weight is 446 g/mol. The van der Waals surface area contributed by atoms with Gasteiger partial charge < -0.3 is 4.90 Å². The highest BCUT2D eigenvalue weighted by Crippen LogP contribution is 2.64. The van der Waals surface area contributed by atoms with Crippen molar-refractivity contribution in [2.24, 2.45) is 5.41 Å². The summed E-state index contributed by atoms with van der Waals surface area (Å²) in [6, 6.07) is 4.55. The molecule has 1 aliphatic carbocycles. The number of halogens is 4. The van der Waals surface area contributed by atoms with Gasteiger partial charge in [-0.2, -0.15) is 4.31 Å². The number of carbonyl (C=O) groups excluding carboxylic acids is 1. The van der Waals surface area contributed by atoms with Crippen molar-refractivity contribution in [3.63, 3.8) is 0 Å². The minimum Gasteiger partial charge on any atom is -0.339 e. The third-order valence-corrected chi connectivity index (χ3v) is 8.73. The van der Waals surface area contributed by atoms with Crippen LogP contribution in [0.1, 0.15) is 13.3 Å². The summed E-state index contributed by atoms with van der Waals surface area (Å²) in [4.78, 5) is 14.1. The molecule has 1 atom stereocenters. The lowest BCUT2D eigenvalue weighted by atomic mass is 10.1. The van der Waals surface area contributed by atoms with Crippen LogP contribution in [0.15, 0.2) is 23.1 Å². The van der Waals surface area contributed by atoms with Crippen LogP contribution in [0.4, 0.5) is 0 Å². The molecule has 138 valence electrons. The van der Waals surface area contributed by atoms with Gasteiger partial charge in [0.2, 0.25) is 15.9 Å². The average Bonchev–Trinajstić information content (AvgIpc) is 3.06. The molecule has 1 aromatic carbocycles. The minimum absolute atomic E-state index is 0.0746. The highest BCUT2D eigenvalue weighted by Gasteiger charge is 2.68. The lowest BCUT2D eigenvalue weighted by molar-refractivity contribution is -0.137. The van der Waals surface area contributed by atoms with Gasteiger partial charge in [0.15, 0.2) is 0 Å². The molecule has 1 saturated heterocycles. The normalized spacial score (nSPS) is 26.5. The molecule has 2 aliphatic rings. The fraction of sp³-hybridized carbons (Fsp3) is 0.533. The van der Waals surface area contributed by atoms with Gasteiger partial charge in [-0.1, -0.05) is 29.3 Å². The van der Waals surface area contributed by atoms with Crippen molar-refractivity contribution in [1.29, 1.82) is 0 Å². The van der Waals surface area contributed by atoms with Crippen molar-refractivity contribution >= 4 is 62.3 Å². The first-order valence-electron chi connectivity index (χ1n) is 7.62. The van der Waals surface area contributed by atoms with E-state index in [9.17, 15) is 13.2 Å². The number of hydrogen-bond acceptors (Lipinski definition) is 3. The highest BCUT2D eigenvalue weighted by atomic mass is 35.5. The number of piperazine rings is 1. The van der Waals surface area contributed by atoms with Gasteiger partial charge in [-0.15, -0.1) is 23.2 Å². The van der Waals surface area contributed by atoms with Crippen molar-refractivity contribution in [3.8, 4) is 0 Å². The molecule has 2 fully saturated rings. The van der Waals surface area contributed by atoms with Crippen LogP contribution in [0.3, 0.4) is 0 Å². The second-order valence-corrected chi connectivity index (χ2v) is 10.6. The van der Waals surface area contributed by atoms with E-state index in [1.165, 1.54) is 16.4 Å². The Labute approximate surface area is 166 Å². The Morgan fingerprint density at radius 3 is 2.00 bits per heavy atom. The molecular weight excluding hydrogens is 430 g/mol. The molecule has 5 nitrogen and oxygen atoms in total. The van der Waals surface area contributed by atoms with E-state index in [0.29, 0.717) is 6.42 Å². The van der Waals surface area contributed by atoms with Gasteiger partial charge in [0.05, 0.1) is 15.5 Å². The molecule has 0 N–H and O–H groups in total. The molecule has 1 saturated carbocycles. The zero-order chi connectivity index (χ0) is 18.6. The first-order chi connectivity index (χ1) is 11.5. The zero-order valence-corrected chi connectivity index (χ0v) is 17.1. The molecule has 1 aromatic rings. The Bertz CT molecular complexity index is 802. The molecule has 0 aromatic heterocycles. The molecule has 3 rings (SSSR count). The molecule has 1 unspecified atom stereocenters. The molecule has 0 radical (unpaired) electrons. The van der Waals surface area contributed by atoms with Gasteiger partial charge in [0, 0.05) is 26.2 Å². The SMILES string of the molecule is CC1(C(=O)N2CCN(S(=O)(=O)c3c(Cl)cccc3Cl)CC2)CC1(Cl)Cl. The summed E-state index contributed by atoms with van der Waals surface area (Å²) in [5.41, 5.74) is -0.802. The summed E-state index contributed by atoms with van der Waals surface area (Å²) < 4.78 is 25.9. The predicted octanol–water partition coefficient (Wildman–Crippen LogP) is 3.41. The predicted molar refractivity (Wildman–Crippen MR) is 99.0 cm³/mol. The van der Waals surface area contributed by atoms with Crippen LogP contribution in [-0.4, -0.2) is 54.0 Å². The Hall–Kier alpha value is -0.240. The van der Waals surface area contributed by atoms with Crippen LogP contribution in [0.5, 0.6) is 0 Å². The second kappa shape index (κ2) is 6.43. The Morgan fingerprint density at radius 1 is 1.08 bits per heavy atom. The monoisotopic (exact) mass is 444 g/mol. The van der Waals surface area contributed by atoms with E-state index in [-0.39, 0.29) is 47.0 Å². The van der Waals surface area contributed by atoms with E-state index < -0.39 is 19.8 Å². The number of amides is 1. The summed E-state index contributed by atoms with van der Waals surface area (Å²) in [6.45, 7) is 2.56. The Morgan fingerprint density at radius 2 is 1.56 bits per heavy atom. The van der Waals surface area contributed by atoms with Gasteiger partial charge in [0.1, 0.15) is 9.23 Å². The molecule has 0 spiro atoms. The van der Waals surface area contributed by atoms with Gasteiger partial charge in [0.25, 0.3) is 0 Å². The summed E-state index contributed by atoms with van der Waals surface area (Å²) in [5.74, 6) is -0.148. The van der Waals surface area contributed by atoms with Crippen molar-refractivity contribution < 1.29 is 13.2 Å². The summed E-state index contributed by atoms with van der Waals surface area (Å²) >= 11 is 24.2. The number of benzene rings is 1. The first kappa shape index (κ1) is 19.5. The number of alkyl halides is 2. The maximum atomic E-state index is 12.8. The van der Waals surface area contributed by atoms with Crippen LogP contribution < -0.4 is 0 Å². The lowest BCUT2D eigenvalue weighted by Crippen LogP contribution is -2.52. The second-order valence-electron chi connectivity index (χ2n) is 6.46. The fourth-order valence-corrected chi connectivity index (χ4v) is 6.18. The first-order valence-corrected chi connectivity index (χ1v) is 10.6. The molecule has 1 aliphatic heterocycles. The number of carbonyl (C=O) groups is 1. The Kier molecular flexibility index (Phi) is 5.02. The van der Waals surface area contributed by atoms with Crippen LogP contribution in [0, 0.1) is 5.41 Å². The van der Waals surface area contributed by atoms with E-state index >= 15 is 0 Å². The van der Waals surface area contributed by atoms with Crippen molar-refractivity contribution in [2.45, 2.75) is 22.6 Å². The molecular formula is C15H16Cl4N2O3S. The number of hydrogen-bond donors (Lipinski definition) is 0. The molecule has 1 amide bonds. The minimum atomic E-state index is -3.84. The van der Waals surface area contributed by atoms with E-state index in [2.05, 4.69) is 0 Å². The molecule has 1 heterocycles. The molecule has 0 bridgehead atoms. The summed E-state index contributed by atoms with van der Waals surface area (Å²) in [6.07, 6.45) is 0.399. The van der Waals surface area contributed by atoms with Crippen LogP contribution in [-0.2, 0) is 14.8 Å². The molecule has 10 heteroatoms. The Balaban J connectivity index is 1.73. The quantitative estimate of drug-likeness (QED) is 0.669. The highest BCUT2D eigenvalue weighted by molar-refractivity contribution is 7.89. The zero-order valence-electron chi connectivity index (χ0n) is 13.3. The maximum Gasteiger partial charge on any atom is 0.246 e. The van der Waals surface area contributed by atoms with Crippen LogP contribution in [0.25, 0.3) is 0 Å². The van der Waals surface area contributed by atoms with Crippen molar-refractivity contribution in [2.75, 3.05) is 26.2 Å². The fourth-order valence-electron chi connectivity index (χ4n) is 2.97. The third kappa shape index (κ3) is 3.26. The summed E-state index contributed by atoms with van der Waals surface area (Å²) in [7, 11) is -3.84. The van der Waals surface area contributed by atoms with Crippen LogP contribution >= 0.6 is 46.4 Å². The summed E-state index contributed by atoms with van der Waals surface area (Å²) in [5, 5.41) is 0.149. The molecule has 25 heavy (non-hydrogen) atoms. The smallest absolute Gasteiger partial charge is 0.246 e. The van der Waals surface area contributed by atoms with E-state index in [1.54, 1.807) is 17.9 Å². The number of sulfonamides is 1.